The lowest BCUT2D eigenvalue weighted by Gasteiger charge is -2.27. The predicted molar refractivity (Wildman–Crippen MR) is 64.7 cm³/mol. The topological polar surface area (TPSA) is 55.6 Å². The van der Waals surface area contributed by atoms with E-state index in [9.17, 15) is 4.79 Å². The molecule has 0 aliphatic rings. The fourth-order valence-electron chi connectivity index (χ4n) is 1.45. The number of thiocarbonyl (C=S) groups is 1. The quantitative estimate of drug-likeness (QED) is 0.523. The van der Waals surface area contributed by atoms with Gasteiger partial charge in [0.1, 0.15) is 6.04 Å². The molecule has 0 saturated carbocycles. The van der Waals surface area contributed by atoms with Gasteiger partial charge in [-0.3, -0.25) is 9.69 Å². The fraction of sp³-hybridized carbons (Fsp3) is 0.800. The van der Waals surface area contributed by atoms with E-state index in [0.717, 1.165) is 6.54 Å². The van der Waals surface area contributed by atoms with E-state index in [2.05, 4.69) is 0 Å². The van der Waals surface area contributed by atoms with Crippen LogP contribution in [-0.4, -0.2) is 41.6 Å². The van der Waals surface area contributed by atoms with E-state index in [1.807, 2.05) is 18.7 Å². The Hall–Kier alpha value is -0.680. The maximum absolute atomic E-state index is 11.6. The van der Waals surface area contributed by atoms with Crippen LogP contribution >= 0.6 is 12.2 Å². The number of carbonyl (C=O) groups excluding carboxylic acids is 1. The maximum Gasteiger partial charge on any atom is 0.323 e. The summed E-state index contributed by atoms with van der Waals surface area (Å²) in [7, 11) is 0. The molecule has 5 heteroatoms. The second-order valence-electron chi connectivity index (χ2n) is 3.21. The van der Waals surface area contributed by atoms with Crippen molar-refractivity contribution in [2.24, 2.45) is 5.73 Å². The van der Waals surface area contributed by atoms with E-state index in [1.165, 1.54) is 0 Å². The van der Waals surface area contributed by atoms with Gasteiger partial charge >= 0.3 is 5.97 Å². The molecule has 0 heterocycles. The highest BCUT2D eigenvalue weighted by Crippen LogP contribution is 2.06. The predicted octanol–water partition coefficient (Wildman–Crippen LogP) is 0.936. The molecule has 4 nitrogen and oxygen atoms in total. The average Bonchev–Trinajstić information content (AvgIpc) is 2.17. The van der Waals surface area contributed by atoms with E-state index < -0.39 is 0 Å². The molecule has 0 fully saturated rings. The number of nitrogens with two attached hydrogens (primary N) is 1. The highest BCUT2D eigenvalue weighted by molar-refractivity contribution is 7.80. The Balaban J connectivity index is 4.45. The zero-order chi connectivity index (χ0) is 11.8. The number of hydrogen-bond donors (Lipinski definition) is 1. The molecule has 0 radical (unpaired) electrons. The largest absolute Gasteiger partial charge is 0.465 e. The molecule has 15 heavy (non-hydrogen) atoms. The molecule has 2 N–H and O–H groups in total. The Morgan fingerprint density at radius 1 is 1.47 bits per heavy atom. The highest BCUT2D eigenvalue weighted by atomic mass is 32.1. The molecular weight excluding hydrogens is 212 g/mol. The molecule has 0 amide bonds. The summed E-state index contributed by atoms with van der Waals surface area (Å²) >= 11 is 4.84. The maximum atomic E-state index is 11.6. The third kappa shape index (κ3) is 5.09. The van der Waals surface area contributed by atoms with Gasteiger partial charge in [-0.1, -0.05) is 26.1 Å². The monoisotopic (exact) mass is 232 g/mol. The molecule has 0 aromatic rings. The molecule has 0 aliphatic heterocycles. The van der Waals surface area contributed by atoms with Crippen molar-refractivity contribution in [3.63, 3.8) is 0 Å². The van der Waals surface area contributed by atoms with E-state index in [0.29, 0.717) is 24.6 Å². The van der Waals surface area contributed by atoms with Crippen LogP contribution in [0.5, 0.6) is 0 Å². The lowest BCUT2D eigenvalue weighted by atomic mass is 10.2. The minimum absolute atomic E-state index is 0.196. The first-order valence-electron chi connectivity index (χ1n) is 5.25. The van der Waals surface area contributed by atoms with Gasteiger partial charge in [0.15, 0.2) is 0 Å². The van der Waals surface area contributed by atoms with Crippen LogP contribution in [-0.2, 0) is 9.53 Å². The van der Waals surface area contributed by atoms with Crippen LogP contribution in [0, 0.1) is 0 Å². The summed E-state index contributed by atoms with van der Waals surface area (Å²) in [5.74, 6) is -0.196. The zero-order valence-corrected chi connectivity index (χ0v) is 10.5. The summed E-state index contributed by atoms with van der Waals surface area (Å²) in [6.07, 6.45) is 0.704. The molecule has 0 aromatic heterocycles. The number of carbonyl (C=O) groups is 1. The van der Waals surface area contributed by atoms with Crippen LogP contribution in [0.15, 0.2) is 0 Å². The summed E-state index contributed by atoms with van der Waals surface area (Å²) < 4.78 is 4.99. The Morgan fingerprint density at radius 2 is 2.07 bits per heavy atom. The van der Waals surface area contributed by atoms with E-state index in [1.54, 1.807) is 6.92 Å². The molecule has 1 unspecified atom stereocenters. The van der Waals surface area contributed by atoms with Gasteiger partial charge in [0.25, 0.3) is 0 Å². The van der Waals surface area contributed by atoms with Crippen molar-refractivity contribution < 1.29 is 9.53 Å². The Bertz CT molecular complexity index is 221. The van der Waals surface area contributed by atoms with Gasteiger partial charge < -0.3 is 10.5 Å². The molecule has 0 rings (SSSR count). The number of nitrogens with zero attached hydrogens (tertiary/aromatic N) is 1. The first-order valence-corrected chi connectivity index (χ1v) is 5.66. The van der Waals surface area contributed by atoms with Crippen LogP contribution < -0.4 is 5.73 Å². The third-order valence-corrected chi connectivity index (χ3v) is 2.28. The van der Waals surface area contributed by atoms with Gasteiger partial charge in [0.2, 0.25) is 0 Å². The Kier molecular flexibility index (Phi) is 7.25. The molecule has 0 spiro atoms. The van der Waals surface area contributed by atoms with E-state index in [-0.39, 0.29) is 12.0 Å². The normalized spacial score (nSPS) is 12.5. The minimum atomic E-state index is -0.239. The number of likely N-dealkylation sites (N-methyl/N-ethyl adjacent to an activating group) is 1. The van der Waals surface area contributed by atoms with E-state index >= 15 is 0 Å². The smallest absolute Gasteiger partial charge is 0.323 e. The fourth-order valence-corrected chi connectivity index (χ4v) is 1.62. The lowest BCUT2D eigenvalue weighted by Crippen LogP contribution is -2.45. The number of ether oxygens (including phenoxy) is 1. The van der Waals surface area contributed by atoms with Gasteiger partial charge in [-0.2, -0.15) is 0 Å². The van der Waals surface area contributed by atoms with Crippen LogP contribution in [0.1, 0.15) is 27.2 Å². The summed E-state index contributed by atoms with van der Waals surface area (Å²) in [6.45, 7) is 7.32. The second-order valence-corrected chi connectivity index (χ2v) is 3.73. The van der Waals surface area contributed by atoms with Gasteiger partial charge in [0.05, 0.1) is 11.6 Å². The van der Waals surface area contributed by atoms with Gasteiger partial charge in [0, 0.05) is 6.54 Å². The molecular formula is C10H20N2O2S. The number of rotatable bonds is 7. The van der Waals surface area contributed by atoms with Crippen LogP contribution in [0.2, 0.25) is 0 Å². The Labute approximate surface area is 96.8 Å². The minimum Gasteiger partial charge on any atom is -0.465 e. The van der Waals surface area contributed by atoms with E-state index in [4.69, 9.17) is 22.7 Å². The van der Waals surface area contributed by atoms with Crippen molar-refractivity contribution in [2.45, 2.75) is 33.2 Å². The third-order valence-electron chi connectivity index (χ3n) is 2.15. The molecule has 0 bridgehead atoms. The first-order chi connectivity index (χ1) is 7.06. The number of esters is 1. The summed E-state index contributed by atoms with van der Waals surface area (Å²) in [4.78, 5) is 13.9. The Morgan fingerprint density at radius 3 is 2.40 bits per heavy atom. The summed E-state index contributed by atoms with van der Waals surface area (Å²) in [6, 6.07) is -0.239. The standard InChI is InChI=1S/C10H20N2O2S/c1-4-8(10(13)14-6-3)12(5-2)7-9(11)15/h8H,4-7H2,1-3H3,(H2,11,15). The molecule has 0 saturated heterocycles. The molecule has 88 valence electrons. The second kappa shape index (κ2) is 7.59. The van der Waals surface area contributed by atoms with Crippen LogP contribution in [0.3, 0.4) is 0 Å². The first kappa shape index (κ1) is 14.3. The zero-order valence-electron chi connectivity index (χ0n) is 9.66. The SMILES string of the molecule is CCOC(=O)C(CC)N(CC)CC(N)=S. The lowest BCUT2D eigenvalue weighted by molar-refractivity contribution is -0.149. The van der Waals surface area contributed by atoms with Crippen molar-refractivity contribution in [3.05, 3.63) is 0 Å². The molecule has 1 atom stereocenters. The van der Waals surface area contributed by atoms with Crippen molar-refractivity contribution >= 4 is 23.2 Å². The van der Waals surface area contributed by atoms with Crippen LogP contribution in [0.25, 0.3) is 0 Å². The van der Waals surface area contributed by atoms with Crippen molar-refractivity contribution in [3.8, 4) is 0 Å². The van der Waals surface area contributed by atoms with Crippen LogP contribution in [0.4, 0.5) is 0 Å². The summed E-state index contributed by atoms with van der Waals surface area (Å²) in [5, 5.41) is 0. The van der Waals surface area contributed by atoms with Crippen molar-refractivity contribution in [2.75, 3.05) is 19.7 Å². The average molecular weight is 232 g/mol. The summed E-state index contributed by atoms with van der Waals surface area (Å²) in [5.41, 5.74) is 5.47. The van der Waals surface area contributed by atoms with Crippen molar-refractivity contribution in [1.29, 1.82) is 0 Å². The number of hydrogen-bond acceptors (Lipinski definition) is 4. The van der Waals surface area contributed by atoms with Gasteiger partial charge in [-0.25, -0.2) is 0 Å². The molecule has 0 aliphatic carbocycles. The van der Waals surface area contributed by atoms with Gasteiger partial charge in [-0.15, -0.1) is 0 Å². The van der Waals surface area contributed by atoms with Crippen molar-refractivity contribution in [1.82, 2.24) is 4.90 Å². The highest BCUT2D eigenvalue weighted by Gasteiger charge is 2.24. The van der Waals surface area contributed by atoms with Gasteiger partial charge in [-0.05, 0) is 19.9 Å². The molecule has 0 aromatic carbocycles.